The van der Waals surface area contributed by atoms with E-state index in [1.807, 2.05) is 60.7 Å². The lowest BCUT2D eigenvalue weighted by Gasteiger charge is -2.09. The van der Waals surface area contributed by atoms with Gasteiger partial charge >= 0.3 is 0 Å². The number of aromatic nitrogens is 3. The number of nitrogens with zero attached hydrogens (tertiary/aromatic N) is 4. The van der Waals surface area contributed by atoms with E-state index in [9.17, 15) is 4.39 Å². The number of hydrazone groups is 1. The van der Waals surface area contributed by atoms with Crippen LogP contribution in [0.2, 0.25) is 0 Å². The van der Waals surface area contributed by atoms with Crippen molar-refractivity contribution < 1.29 is 4.39 Å². The molecule has 1 N–H and O–H groups in total. The van der Waals surface area contributed by atoms with Crippen molar-refractivity contribution in [3.8, 4) is 22.5 Å². The fourth-order valence-corrected chi connectivity index (χ4v) is 2.67. The molecule has 5 nitrogen and oxygen atoms in total. The highest BCUT2D eigenvalue weighted by Crippen LogP contribution is 2.28. The van der Waals surface area contributed by atoms with Crippen molar-refractivity contribution >= 4 is 12.2 Å². The van der Waals surface area contributed by atoms with Gasteiger partial charge in [0, 0.05) is 11.1 Å². The molecule has 4 aromatic rings. The molecular weight excluding hydrogens is 353 g/mol. The quantitative estimate of drug-likeness (QED) is 0.406. The molecule has 1 aromatic heterocycles. The van der Waals surface area contributed by atoms with Gasteiger partial charge < -0.3 is 0 Å². The number of hydrogen-bond donors (Lipinski definition) is 1. The van der Waals surface area contributed by atoms with Crippen LogP contribution in [0.25, 0.3) is 22.5 Å². The summed E-state index contributed by atoms with van der Waals surface area (Å²) in [6, 6.07) is 25.6. The summed E-state index contributed by atoms with van der Waals surface area (Å²) in [6.45, 7) is 0. The first-order valence-corrected chi connectivity index (χ1v) is 8.70. The van der Waals surface area contributed by atoms with Crippen molar-refractivity contribution in [2.24, 2.45) is 5.10 Å². The molecule has 0 aliphatic rings. The van der Waals surface area contributed by atoms with E-state index in [0.29, 0.717) is 11.4 Å². The number of rotatable bonds is 5. The Balaban J connectivity index is 1.65. The molecule has 28 heavy (non-hydrogen) atoms. The van der Waals surface area contributed by atoms with Crippen molar-refractivity contribution in [2.45, 2.75) is 0 Å². The minimum Gasteiger partial charge on any atom is -0.244 e. The summed E-state index contributed by atoms with van der Waals surface area (Å²) in [7, 11) is 0. The van der Waals surface area contributed by atoms with E-state index < -0.39 is 0 Å². The number of anilines is 1. The van der Waals surface area contributed by atoms with Gasteiger partial charge in [0.15, 0.2) is 0 Å². The topological polar surface area (TPSA) is 63.1 Å². The van der Waals surface area contributed by atoms with Gasteiger partial charge in [-0.2, -0.15) is 5.10 Å². The van der Waals surface area contributed by atoms with Gasteiger partial charge in [-0.3, -0.25) is 0 Å². The second-order valence-corrected chi connectivity index (χ2v) is 5.99. The fraction of sp³-hybridized carbons (Fsp3) is 0. The van der Waals surface area contributed by atoms with Gasteiger partial charge in [-0.05, 0) is 17.7 Å². The lowest BCUT2D eigenvalue weighted by Crippen LogP contribution is -2.03. The average molecular weight is 369 g/mol. The summed E-state index contributed by atoms with van der Waals surface area (Å²) in [6.07, 6.45) is 1.57. The minimum absolute atomic E-state index is 0.275. The molecule has 1 heterocycles. The van der Waals surface area contributed by atoms with Crippen LogP contribution in [-0.2, 0) is 0 Å². The monoisotopic (exact) mass is 369 g/mol. The standard InChI is InChI=1S/C22H16FN5/c23-19-13-11-16(12-14-19)15-24-27-22-25-20(17-7-3-1-4-8-17)21(26-28-22)18-9-5-2-6-10-18/h1-15H,(H,25,27,28)/b24-15-. The Morgan fingerprint density at radius 3 is 1.96 bits per heavy atom. The lowest BCUT2D eigenvalue weighted by molar-refractivity contribution is 0.628. The molecule has 6 heteroatoms. The first kappa shape index (κ1) is 17.5. The number of halogens is 1. The van der Waals surface area contributed by atoms with Crippen LogP contribution < -0.4 is 5.43 Å². The van der Waals surface area contributed by atoms with E-state index in [1.54, 1.807) is 18.3 Å². The molecular formula is C22H16FN5. The van der Waals surface area contributed by atoms with Gasteiger partial charge in [0.25, 0.3) is 5.95 Å². The molecule has 0 radical (unpaired) electrons. The smallest absolute Gasteiger partial charge is 0.244 e. The third kappa shape index (κ3) is 4.07. The van der Waals surface area contributed by atoms with Crippen molar-refractivity contribution in [3.05, 3.63) is 96.3 Å². The maximum atomic E-state index is 13.0. The third-order valence-electron chi connectivity index (χ3n) is 4.03. The van der Waals surface area contributed by atoms with E-state index in [4.69, 9.17) is 0 Å². The number of nitrogens with one attached hydrogen (secondary N) is 1. The second-order valence-electron chi connectivity index (χ2n) is 5.99. The molecule has 0 atom stereocenters. The van der Waals surface area contributed by atoms with E-state index in [2.05, 4.69) is 25.7 Å². The molecule has 0 aliphatic heterocycles. The van der Waals surface area contributed by atoms with E-state index >= 15 is 0 Å². The third-order valence-corrected chi connectivity index (χ3v) is 4.03. The van der Waals surface area contributed by atoms with E-state index in [-0.39, 0.29) is 11.8 Å². The fourth-order valence-electron chi connectivity index (χ4n) is 2.67. The molecule has 0 spiro atoms. The van der Waals surface area contributed by atoms with Crippen molar-refractivity contribution in [1.82, 2.24) is 15.2 Å². The average Bonchev–Trinajstić information content (AvgIpc) is 2.76. The zero-order valence-electron chi connectivity index (χ0n) is 14.8. The maximum absolute atomic E-state index is 13.0. The highest BCUT2D eigenvalue weighted by atomic mass is 19.1. The van der Waals surface area contributed by atoms with Gasteiger partial charge in [0.2, 0.25) is 0 Å². The van der Waals surface area contributed by atoms with Crippen molar-refractivity contribution in [2.75, 3.05) is 5.43 Å². The molecule has 0 amide bonds. The SMILES string of the molecule is Fc1ccc(/C=N\Nc2nnc(-c3ccccc3)c(-c3ccccc3)n2)cc1. The van der Waals surface area contributed by atoms with E-state index in [1.165, 1.54) is 12.1 Å². The Labute approximate surface area is 161 Å². The van der Waals surface area contributed by atoms with Crippen LogP contribution in [0, 0.1) is 5.82 Å². The van der Waals surface area contributed by atoms with Gasteiger partial charge in [-0.15, -0.1) is 10.2 Å². The van der Waals surface area contributed by atoms with Gasteiger partial charge in [0.05, 0.1) is 6.21 Å². The Morgan fingerprint density at radius 1 is 0.714 bits per heavy atom. The number of hydrogen-bond acceptors (Lipinski definition) is 5. The maximum Gasteiger partial charge on any atom is 0.263 e. The van der Waals surface area contributed by atoms with E-state index in [0.717, 1.165) is 16.7 Å². The summed E-state index contributed by atoms with van der Waals surface area (Å²) < 4.78 is 13.0. The predicted octanol–water partition coefficient (Wildman–Crippen LogP) is 4.79. The van der Waals surface area contributed by atoms with Crippen molar-refractivity contribution in [1.29, 1.82) is 0 Å². The van der Waals surface area contributed by atoms with Crippen LogP contribution in [0.1, 0.15) is 5.56 Å². The highest BCUT2D eigenvalue weighted by molar-refractivity contribution is 5.80. The highest BCUT2D eigenvalue weighted by Gasteiger charge is 2.13. The summed E-state index contributed by atoms with van der Waals surface area (Å²) in [4.78, 5) is 4.61. The molecule has 3 aromatic carbocycles. The summed E-state index contributed by atoms with van der Waals surface area (Å²) in [5.74, 6) is -0.0152. The molecule has 136 valence electrons. The normalized spacial score (nSPS) is 10.9. The van der Waals surface area contributed by atoms with Gasteiger partial charge in [0.1, 0.15) is 17.2 Å². The lowest BCUT2D eigenvalue weighted by atomic mass is 10.0. The van der Waals surface area contributed by atoms with Crippen LogP contribution >= 0.6 is 0 Å². The summed E-state index contributed by atoms with van der Waals surface area (Å²) in [5.41, 5.74) is 6.81. The Hall–Kier alpha value is -3.93. The Morgan fingerprint density at radius 2 is 1.32 bits per heavy atom. The van der Waals surface area contributed by atoms with Gasteiger partial charge in [-0.1, -0.05) is 72.8 Å². The first-order chi connectivity index (χ1) is 13.8. The van der Waals surface area contributed by atoms with Crippen LogP contribution in [0.3, 0.4) is 0 Å². The zero-order valence-corrected chi connectivity index (χ0v) is 14.8. The molecule has 0 saturated carbocycles. The number of benzene rings is 3. The molecule has 4 rings (SSSR count). The van der Waals surface area contributed by atoms with Crippen LogP contribution in [-0.4, -0.2) is 21.4 Å². The molecule has 0 fully saturated rings. The largest absolute Gasteiger partial charge is 0.263 e. The molecule has 0 aliphatic carbocycles. The summed E-state index contributed by atoms with van der Waals surface area (Å²) >= 11 is 0. The van der Waals surface area contributed by atoms with Crippen LogP contribution in [0.5, 0.6) is 0 Å². The molecule has 0 bridgehead atoms. The Kier molecular flexibility index (Phi) is 5.11. The van der Waals surface area contributed by atoms with Crippen LogP contribution in [0.4, 0.5) is 10.3 Å². The minimum atomic E-state index is -0.290. The van der Waals surface area contributed by atoms with Crippen molar-refractivity contribution in [3.63, 3.8) is 0 Å². The predicted molar refractivity (Wildman–Crippen MR) is 108 cm³/mol. The Bertz CT molecular complexity index is 1080. The first-order valence-electron chi connectivity index (χ1n) is 8.70. The molecule has 0 saturated heterocycles. The van der Waals surface area contributed by atoms with Crippen LogP contribution in [0.15, 0.2) is 90.0 Å². The second kappa shape index (κ2) is 8.18. The molecule has 0 unspecified atom stereocenters. The zero-order chi connectivity index (χ0) is 19.2. The summed E-state index contributed by atoms with van der Waals surface area (Å²) in [5, 5.41) is 12.6. The van der Waals surface area contributed by atoms with Gasteiger partial charge in [-0.25, -0.2) is 14.8 Å².